The van der Waals surface area contributed by atoms with Crippen LogP contribution in [0, 0.1) is 10.1 Å². The Hall–Kier alpha value is -2.31. The summed E-state index contributed by atoms with van der Waals surface area (Å²) in [6, 6.07) is 3.24. The lowest BCUT2D eigenvalue weighted by Crippen LogP contribution is -2.25. The number of hydrogen-bond acceptors (Lipinski definition) is 5. The molecule has 0 spiro atoms. The number of hydrogen-bond donors (Lipinski definition) is 2. The molecule has 1 atom stereocenters. The van der Waals surface area contributed by atoms with Gasteiger partial charge in [-0.1, -0.05) is 0 Å². The van der Waals surface area contributed by atoms with Crippen molar-refractivity contribution in [2.75, 3.05) is 11.9 Å². The molecule has 1 unspecified atom stereocenters. The Morgan fingerprint density at radius 3 is 2.72 bits per heavy atom. The number of benzene rings is 1. The molecule has 7 heteroatoms. The van der Waals surface area contributed by atoms with Gasteiger partial charge in [0.25, 0.3) is 5.69 Å². The molecule has 0 aliphatic rings. The minimum atomic E-state index is -1.04. The van der Waals surface area contributed by atoms with Crippen molar-refractivity contribution in [3.63, 3.8) is 0 Å². The van der Waals surface area contributed by atoms with Gasteiger partial charge in [-0.3, -0.25) is 14.9 Å². The Balaban J connectivity index is 3.02. The van der Waals surface area contributed by atoms with Gasteiger partial charge in [-0.15, -0.1) is 0 Å². The zero-order valence-electron chi connectivity index (χ0n) is 10.0. The van der Waals surface area contributed by atoms with Gasteiger partial charge in [-0.25, -0.2) is 0 Å². The number of nitrogens with one attached hydrogen (secondary N) is 1. The fraction of sp³-hybridized carbons (Fsp3) is 0.364. The largest absolute Gasteiger partial charge is 0.494 e. The van der Waals surface area contributed by atoms with Gasteiger partial charge in [-0.2, -0.15) is 0 Å². The lowest BCUT2D eigenvalue weighted by molar-refractivity contribution is -0.384. The second-order valence-corrected chi connectivity index (χ2v) is 3.61. The quantitative estimate of drug-likeness (QED) is 0.593. The van der Waals surface area contributed by atoms with Crippen molar-refractivity contribution in [2.24, 2.45) is 0 Å². The number of nitrogens with zero attached hydrogens (tertiary/aromatic N) is 1. The molecule has 0 saturated carbocycles. The highest BCUT2D eigenvalue weighted by Gasteiger charge is 2.14. The Labute approximate surface area is 104 Å². The highest BCUT2D eigenvalue weighted by atomic mass is 16.6. The number of carboxylic acids is 1. The topological polar surface area (TPSA) is 102 Å². The van der Waals surface area contributed by atoms with Gasteiger partial charge >= 0.3 is 5.97 Å². The molecule has 1 aromatic rings. The van der Waals surface area contributed by atoms with Gasteiger partial charge in [0.1, 0.15) is 11.8 Å². The van der Waals surface area contributed by atoms with Crippen LogP contribution in [0.4, 0.5) is 11.4 Å². The molecule has 0 aliphatic carbocycles. The Morgan fingerprint density at radius 1 is 1.56 bits per heavy atom. The standard InChI is InChI=1S/C11H14N2O5/c1-3-18-10-5-8(12-7(2)11(14)15)4-9(6-10)13(16)17/h4-7,12H,3H2,1-2H3,(H,14,15). The molecule has 0 amide bonds. The maximum absolute atomic E-state index is 10.7. The molecule has 1 aromatic carbocycles. The average Bonchev–Trinajstić information content (AvgIpc) is 2.28. The average molecular weight is 254 g/mol. The van der Waals surface area contributed by atoms with E-state index >= 15 is 0 Å². The van der Waals surface area contributed by atoms with Crippen LogP contribution >= 0.6 is 0 Å². The highest BCUT2D eigenvalue weighted by Crippen LogP contribution is 2.26. The second-order valence-electron chi connectivity index (χ2n) is 3.61. The van der Waals surface area contributed by atoms with Gasteiger partial charge < -0.3 is 15.2 Å². The first kappa shape index (κ1) is 13.8. The fourth-order valence-electron chi connectivity index (χ4n) is 1.33. The number of carbonyl (C=O) groups is 1. The van der Waals surface area contributed by atoms with Crippen LogP contribution in [0.2, 0.25) is 0 Å². The van der Waals surface area contributed by atoms with Gasteiger partial charge in [0.2, 0.25) is 0 Å². The summed E-state index contributed by atoms with van der Waals surface area (Å²) in [5.74, 6) is -0.716. The van der Waals surface area contributed by atoms with Crippen molar-refractivity contribution in [3.05, 3.63) is 28.3 Å². The molecular formula is C11H14N2O5. The minimum Gasteiger partial charge on any atom is -0.494 e. The molecule has 1 rings (SSSR count). The molecule has 0 bridgehead atoms. The van der Waals surface area contributed by atoms with E-state index in [1.54, 1.807) is 6.92 Å². The smallest absolute Gasteiger partial charge is 0.325 e. The van der Waals surface area contributed by atoms with Crippen LogP contribution in [0.15, 0.2) is 18.2 Å². The van der Waals surface area contributed by atoms with Crippen molar-refractivity contribution in [1.29, 1.82) is 0 Å². The molecule has 0 aromatic heterocycles. The first-order chi connectivity index (χ1) is 8.43. The van der Waals surface area contributed by atoms with E-state index in [0.29, 0.717) is 18.0 Å². The number of aliphatic carboxylic acids is 1. The summed E-state index contributed by atoms with van der Waals surface area (Å²) in [6.07, 6.45) is 0. The number of ether oxygens (including phenoxy) is 1. The summed E-state index contributed by atoms with van der Waals surface area (Å²) in [5.41, 5.74) is 0.184. The Morgan fingerprint density at radius 2 is 2.22 bits per heavy atom. The zero-order chi connectivity index (χ0) is 13.7. The first-order valence-corrected chi connectivity index (χ1v) is 5.35. The van der Waals surface area contributed by atoms with Crippen LogP contribution in [0.3, 0.4) is 0 Å². The number of carboxylic acid groups (broad SMARTS) is 1. The summed E-state index contributed by atoms with van der Waals surface area (Å²) in [4.78, 5) is 20.9. The van der Waals surface area contributed by atoms with E-state index in [4.69, 9.17) is 9.84 Å². The summed E-state index contributed by atoms with van der Waals surface area (Å²) in [6.45, 7) is 3.57. The number of nitro benzene ring substituents is 1. The van der Waals surface area contributed by atoms with E-state index in [0.717, 1.165) is 0 Å². The Bertz CT molecular complexity index is 461. The Kier molecular flexibility index (Phi) is 4.47. The summed E-state index contributed by atoms with van der Waals surface area (Å²) in [7, 11) is 0. The highest BCUT2D eigenvalue weighted by molar-refractivity contribution is 5.77. The normalized spacial score (nSPS) is 11.7. The molecule has 0 saturated heterocycles. The van der Waals surface area contributed by atoms with Crippen molar-refractivity contribution in [1.82, 2.24) is 0 Å². The van der Waals surface area contributed by atoms with Crippen LogP contribution in [0.5, 0.6) is 5.75 Å². The van der Waals surface area contributed by atoms with E-state index in [-0.39, 0.29) is 5.69 Å². The maximum Gasteiger partial charge on any atom is 0.325 e. The maximum atomic E-state index is 10.7. The SMILES string of the molecule is CCOc1cc(NC(C)C(=O)O)cc([N+](=O)[O-])c1. The van der Waals surface area contributed by atoms with E-state index in [9.17, 15) is 14.9 Å². The lowest BCUT2D eigenvalue weighted by atomic mass is 10.2. The van der Waals surface area contributed by atoms with Crippen LogP contribution in [0.1, 0.15) is 13.8 Å². The number of anilines is 1. The zero-order valence-corrected chi connectivity index (χ0v) is 10.0. The van der Waals surface area contributed by atoms with Gasteiger partial charge in [-0.05, 0) is 13.8 Å². The summed E-state index contributed by atoms with van der Waals surface area (Å²) in [5, 5.41) is 22.2. The third kappa shape index (κ3) is 3.62. The molecule has 2 N–H and O–H groups in total. The second kappa shape index (κ2) is 5.85. The van der Waals surface area contributed by atoms with Crippen LogP contribution < -0.4 is 10.1 Å². The molecule has 0 heterocycles. The molecular weight excluding hydrogens is 240 g/mol. The van der Waals surface area contributed by atoms with Crippen molar-refractivity contribution in [2.45, 2.75) is 19.9 Å². The van der Waals surface area contributed by atoms with Gasteiger partial charge in [0.05, 0.1) is 17.6 Å². The van der Waals surface area contributed by atoms with Crippen LogP contribution in [-0.2, 0) is 4.79 Å². The van der Waals surface area contributed by atoms with Crippen molar-refractivity contribution < 1.29 is 19.6 Å². The number of rotatable bonds is 6. The predicted octanol–water partition coefficient (Wildman–Crippen LogP) is 1.88. The predicted molar refractivity (Wildman–Crippen MR) is 65.0 cm³/mol. The third-order valence-electron chi connectivity index (χ3n) is 2.17. The molecule has 18 heavy (non-hydrogen) atoms. The number of nitro groups is 1. The van der Waals surface area contributed by atoms with Gasteiger partial charge in [0.15, 0.2) is 0 Å². The van der Waals surface area contributed by atoms with E-state index in [1.165, 1.54) is 25.1 Å². The van der Waals surface area contributed by atoms with E-state index < -0.39 is 16.9 Å². The van der Waals surface area contributed by atoms with Crippen LogP contribution in [-0.4, -0.2) is 28.6 Å². The monoisotopic (exact) mass is 254 g/mol. The third-order valence-corrected chi connectivity index (χ3v) is 2.17. The van der Waals surface area contributed by atoms with E-state index in [2.05, 4.69) is 5.32 Å². The summed E-state index contributed by atoms with van der Waals surface area (Å²) < 4.78 is 5.19. The molecule has 7 nitrogen and oxygen atoms in total. The lowest BCUT2D eigenvalue weighted by Gasteiger charge is -2.12. The van der Waals surface area contributed by atoms with E-state index in [1.807, 2.05) is 0 Å². The fourth-order valence-corrected chi connectivity index (χ4v) is 1.33. The van der Waals surface area contributed by atoms with Gasteiger partial charge in [0, 0.05) is 17.8 Å². The number of non-ortho nitro benzene ring substituents is 1. The molecule has 98 valence electrons. The minimum absolute atomic E-state index is 0.152. The molecule has 0 fully saturated rings. The molecule has 0 radical (unpaired) electrons. The summed E-state index contributed by atoms with van der Waals surface area (Å²) >= 11 is 0. The molecule has 0 aliphatic heterocycles. The van der Waals surface area contributed by atoms with Crippen molar-refractivity contribution in [3.8, 4) is 5.75 Å². The first-order valence-electron chi connectivity index (χ1n) is 5.35. The van der Waals surface area contributed by atoms with Crippen LogP contribution in [0.25, 0.3) is 0 Å². The van der Waals surface area contributed by atoms with Crippen molar-refractivity contribution >= 4 is 17.3 Å².